The van der Waals surface area contributed by atoms with E-state index in [4.69, 9.17) is 0 Å². The molecule has 0 saturated heterocycles. The molecule has 1 amide bonds. The van der Waals surface area contributed by atoms with Gasteiger partial charge >= 0.3 is 0 Å². The predicted molar refractivity (Wildman–Crippen MR) is 69.6 cm³/mol. The molecule has 0 aliphatic rings. The molecular formula is C12H19BrN2O. The number of nitrogens with zero attached hydrogens (tertiary/aromatic N) is 2. The summed E-state index contributed by atoms with van der Waals surface area (Å²) >= 11 is 3.38. The summed E-state index contributed by atoms with van der Waals surface area (Å²) in [7, 11) is 3.76. The zero-order valence-corrected chi connectivity index (χ0v) is 11.9. The zero-order valence-electron chi connectivity index (χ0n) is 10.3. The Morgan fingerprint density at radius 3 is 2.44 bits per heavy atom. The van der Waals surface area contributed by atoms with Crippen LogP contribution in [0.2, 0.25) is 0 Å². The maximum absolute atomic E-state index is 12.2. The molecule has 1 aromatic heterocycles. The summed E-state index contributed by atoms with van der Waals surface area (Å²) in [5.41, 5.74) is 0.723. The van der Waals surface area contributed by atoms with E-state index in [0.29, 0.717) is 6.04 Å². The van der Waals surface area contributed by atoms with Gasteiger partial charge < -0.3 is 9.47 Å². The van der Waals surface area contributed by atoms with Gasteiger partial charge in [-0.15, -0.1) is 0 Å². The molecule has 0 aliphatic heterocycles. The molecule has 4 heteroatoms. The van der Waals surface area contributed by atoms with Gasteiger partial charge in [0, 0.05) is 30.8 Å². The Kier molecular flexibility index (Phi) is 4.59. The van der Waals surface area contributed by atoms with Gasteiger partial charge in [0.1, 0.15) is 5.69 Å². The van der Waals surface area contributed by atoms with Gasteiger partial charge in [-0.05, 0) is 34.8 Å². The van der Waals surface area contributed by atoms with E-state index in [1.807, 2.05) is 35.8 Å². The molecule has 0 N–H and O–H groups in total. The van der Waals surface area contributed by atoms with Gasteiger partial charge in [-0.3, -0.25) is 4.79 Å². The number of carbonyl (C=O) groups is 1. The number of carbonyl (C=O) groups excluding carboxylic acids is 1. The molecule has 90 valence electrons. The largest absolute Gasteiger partial charge is 0.345 e. The Bertz CT molecular complexity index is 369. The molecule has 16 heavy (non-hydrogen) atoms. The molecular weight excluding hydrogens is 268 g/mol. The lowest BCUT2D eigenvalue weighted by atomic mass is 10.1. The molecule has 1 aromatic rings. The highest BCUT2D eigenvalue weighted by Gasteiger charge is 2.20. The predicted octanol–water partition coefficient (Wildman–Crippen LogP) is 3.05. The molecule has 0 spiro atoms. The van der Waals surface area contributed by atoms with Gasteiger partial charge in [-0.2, -0.15) is 0 Å². The fourth-order valence-electron chi connectivity index (χ4n) is 1.92. The van der Waals surface area contributed by atoms with Crippen LogP contribution in [0.5, 0.6) is 0 Å². The Morgan fingerprint density at radius 1 is 1.50 bits per heavy atom. The highest BCUT2D eigenvalue weighted by atomic mass is 79.9. The second-order valence-electron chi connectivity index (χ2n) is 4.04. The fraction of sp³-hybridized carbons (Fsp3) is 0.583. The van der Waals surface area contributed by atoms with E-state index in [1.54, 1.807) is 0 Å². The minimum Gasteiger partial charge on any atom is -0.345 e. The first-order chi connectivity index (χ1) is 7.51. The summed E-state index contributed by atoms with van der Waals surface area (Å²) in [6, 6.07) is 2.18. The number of halogens is 1. The van der Waals surface area contributed by atoms with Crippen LogP contribution in [0, 0.1) is 0 Å². The first kappa shape index (κ1) is 13.3. The second kappa shape index (κ2) is 5.53. The number of amides is 1. The number of aryl methyl sites for hydroxylation is 1. The molecule has 0 unspecified atom stereocenters. The molecule has 0 aromatic carbocycles. The summed E-state index contributed by atoms with van der Waals surface area (Å²) in [5, 5.41) is 0. The van der Waals surface area contributed by atoms with Crippen LogP contribution >= 0.6 is 15.9 Å². The smallest absolute Gasteiger partial charge is 0.270 e. The van der Waals surface area contributed by atoms with Crippen molar-refractivity contribution in [1.29, 1.82) is 0 Å². The molecule has 1 rings (SSSR count). The standard InChI is InChI=1S/C12H19BrN2O/c1-5-10(6-2)15(4)12(16)11-7-9(13)8-14(11)3/h7-8,10H,5-6H2,1-4H3. The Labute approximate surface area is 106 Å². The third-order valence-corrected chi connectivity index (χ3v) is 3.43. The first-order valence-electron chi connectivity index (χ1n) is 5.60. The highest BCUT2D eigenvalue weighted by molar-refractivity contribution is 9.10. The van der Waals surface area contributed by atoms with Gasteiger partial charge in [0.15, 0.2) is 0 Å². The molecule has 1 heterocycles. The third-order valence-electron chi connectivity index (χ3n) is 3.00. The van der Waals surface area contributed by atoms with E-state index >= 15 is 0 Å². The molecule has 3 nitrogen and oxygen atoms in total. The third kappa shape index (κ3) is 2.67. The molecule has 0 aliphatic carbocycles. The van der Waals surface area contributed by atoms with Crippen molar-refractivity contribution in [3.05, 3.63) is 22.4 Å². The number of rotatable bonds is 4. The van der Waals surface area contributed by atoms with Crippen molar-refractivity contribution in [3.63, 3.8) is 0 Å². The minimum absolute atomic E-state index is 0.0851. The van der Waals surface area contributed by atoms with Crippen molar-refractivity contribution < 1.29 is 4.79 Å². The van der Waals surface area contributed by atoms with E-state index in [0.717, 1.165) is 23.0 Å². The van der Waals surface area contributed by atoms with Crippen molar-refractivity contribution in [2.24, 2.45) is 7.05 Å². The van der Waals surface area contributed by atoms with Crippen molar-refractivity contribution in [1.82, 2.24) is 9.47 Å². The van der Waals surface area contributed by atoms with E-state index in [2.05, 4.69) is 29.8 Å². The monoisotopic (exact) mass is 286 g/mol. The Hall–Kier alpha value is -0.770. The van der Waals surface area contributed by atoms with E-state index < -0.39 is 0 Å². The molecule has 0 atom stereocenters. The topological polar surface area (TPSA) is 25.2 Å². The van der Waals surface area contributed by atoms with Crippen LogP contribution in [0.3, 0.4) is 0 Å². The lowest BCUT2D eigenvalue weighted by Gasteiger charge is -2.26. The average molecular weight is 287 g/mol. The van der Waals surface area contributed by atoms with E-state index in [9.17, 15) is 4.79 Å². The maximum atomic E-state index is 12.2. The minimum atomic E-state index is 0.0851. The van der Waals surface area contributed by atoms with Crippen LogP contribution in [0.15, 0.2) is 16.7 Å². The molecule has 0 radical (unpaired) electrons. The van der Waals surface area contributed by atoms with E-state index in [1.165, 1.54) is 0 Å². The summed E-state index contributed by atoms with van der Waals surface area (Å²) in [4.78, 5) is 14.1. The average Bonchev–Trinajstić information content (AvgIpc) is 2.58. The van der Waals surface area contributed by atoms with Gasteiger partial charge in [0.25, 0.3) is 5.91 Å². The lowest BCUT2D eigenvalue weighted by molar-refractivity contribution is 0.0714. The normalized spacial score (nSPS) is 10.9. The molecule has 0 fully saturated rings. The SMILES string of the molecule is CCC(CC)N(C)C(=O)c1cc(Br)cn1C. The van der Waals surface area contributed by atoms with Crippen LogP contribution in [0.1, 0.15) is 37.2 Å². The molecule has 0 saturated carbocycles. The maximum Gasteiger partial charge on any atom is 0.270 e. The van der Waals surface area contributed by atoms with Crippen molar-refractivity contribution in [2.45, 2.75) is 32.7 Å². The molecule has 0 bridgehead atoms. The summed E-state index contributed by atoms with van der Waals surface area (Å²) in [5.74, 6) is 0.0851. The summed E-state index contributed by atoms with van der Waals surface area (Å²) in [6.45, 7) is 4.22. The van der Waals surface area contributed by atoms with Crippen LogP contribution in [-0.2, 0) is 7.05 Å². The van der Waals surface area contributed by atoms with Crippen LogP contribution in [-0.4, -0.2) is 28.5 Å². The van der Waals surface area contributed by atoms with Crippen molar-refractivity contribution >= 4 is 21.8 Å². The Balaban J connectivity index is 2.89. The highest BCUT2D eigenvalue weighted by Crippen LogP contribution is 2.17. The van der Waals surface area contributed by atoms with Gasteiger partial charge in [-0.1, -0.05) is 13.8 Å². The second-order valence-corrected chi connectivity index (χ2v) is 4.96. The van der Waals surface area contributed by atoms with Gasteiger partial charge in [0.2, 0.25) is 0 Å². The van der Waals surface area contributed by atoms with Crippen molar-refractivity contribution in [3.8, 4) is 0 Å². The van der Waals surface area contributed by atoms with Gasteiger partial charge in [0.05, 0.1) is 0 Å². The number of aromatic nitrogens is 1. The fourth-order valence-corrected chi connectivity index (χ4v) is 2.44. The summed E-state index contributed by atoms with van der Waals surface area (Å²) < 4.78 is 2.79. The van der Waals surface area contributed by atoms with Crippen LogP contribution < -0.4 is 0 Å². The quantitative estimate of drug-likeness (QED) is 0.835. The van der Waals surface area contributed by atoms with Gasteiger partial charge in [-0.25, -0.2) is 0 Å². The number of hydrogen-bond acceptors (Lipinski definition) is 1. The Morgan fingerprint density at radius 2 is 2.06 bits per heavy atom. The van der Waals surface area contributed by atoms with Crippen LogP contribution in [0.25, 0.3) is 0 Å². The first-order valence-corrected chi connectivity index (χ1v) is 6.39. The van der Waals surface area contributed by atoms with Crippen LogP contribution in [0.4, 0.5) is 0 Å². The lowest BCUT2D eigenvalue weighted by Crippen LogP contribution is -2.37. The summed E-state index contributed by atoms with van der Waals surface area (Å²) in [6.07, 6.45) is 3.88. The van der Waals surface area contributed by atoms with Crippen molar-refractivity contribution in [2.75, 3.05) is 7.05 Å². The van der Waals surface area contributed by atoms with E-state index in [-0.39, 0.29) is 5.91 Å². The number of hydrogen-bond donors (Lipinski definition) is 0. The zero-order chi connectivity index (χ0) is 12.3.